The first-order valence-electron chi connectivity index (χ1n) is 8.66. The summed E-state index contributed by atoms with van der Waals surface area (Å²) in [5.41, 5.74) is 0. The summed E-state index contributed by atoms with van der Waals surface area (Å²) in [4.78, 5) is 8.53. The van der Waals surface area contributed by atoms with Crippen molar-refractivity contribution in [3.63, 3.8) is 0 Å². The molecule has 174 valence electrons. The molecule has 4 N–H and O–H groups in total. The molecule has 0 aliphatic heterocycles. The Labute approximate surface area is 185 Å². The third-order valence-corrected chi connectivity index (χ3v) is 7.63. The lowest BCUT2D eigenvalue weighted by Gasteiger charge is -2.18. The third kappa shape index (κ3) is 3.84. The van der Waals surface area contributed by atoms with Crippen LogP contribution in [-0.2, 0) is 35.1 Å². The van der Waals surface area contributed by atoms with Crippen LogP contribution in [0.25, 0.3) is 32.3 Å². The zero-order chi connectivity index (χ0) is 24.5. The quantitative estimate of drug-likeness (QED) is 0.213. The molecule has 15 heteroatoms. The van der Waals surface area contributed by atoms with Gasteiger partial charge in [0.05, 0.1) is 0 Å². The van der Waals surface area contributed by atoms with Gasteiger partial charge in [0.25, 0.3) is 30.4 Å². The SMILES string of the molecule is O=C(O)COc1cc2c(S(=O)(=O)O)cc(S(=O)(=O)O)c3ccc4c(S(=O)(=O)O)ccc1c4c32. The van der Waals surface area contributed by atoms with Crippen LogP contribution in [0.4, 0.5) is 0 Å². The Kier molecular flexibility index (Phi) is 5.04. The minimum Gasteiger partial charge on any atom is -0.481 e. The molecule has 4 rings (SSSR count). The highest BCUT2D eigenvalue weighted by atomic mass is 32.2. The molecule has 4 aromatic rings. The average molecular weight is 516 g/mol. The van der Waals surface area contributed by atoms with Crippen molar-refractivity contribution in [1.82, 2.24) is 0 Å². The fourth-order valence-electron chi connectivity index (χ4n) is 3.77. The van der Waals surface area contributed by atoms with Gasteiger partial charge in [-0.3, -0.25) is 13.7 Å². The van der Waals surface area contributed by atoms with Crippen LogP contribution < -0.4 is 4.74 Å². The normalized spacial score (nSPS) is 13.2. The van der Waals surface area contributed by atoms with Gasteiger partial charge in [0.1, 0.15) is 20.4 Å². The summed E-state index contributed by atoms with van der Waals surface area (Å²) in [6.07, 6.45) is 0. The van der Waals surface area contributed by atoms with E-state index >= 15 is 0 Å². The van der Waals surface area contributed by atoms with E-state index in [1.807, 2.05) is 0 Å². The molecule has 0 aliphatic carbocycles. The molecule has 0 atom stereocenters. The molecule has 0 saturated heterocycles. The summed E-state index contributed by atoms with van der Waals surface area (Å²) in [6, 6.07) is 5.91. The van der Waals surface area contributed by atoms with Gasteiger partial charge < -0.3 is 9.84 Å². The molecule has 0 radical (unpaired) electrons. The summed E-state index contributed by atoms with van der Waals surface area (Å²) in [6.45, 7) is -0.872. The predicted octanol–water partition coefficient (Wildman–Crippen LogP) is 1.79. The molecule has 4 aromatic carbocycles. The minimum absolute atomic E-state index is 0.0468. The average Bonchev–Trinajstić information content (AvgIpc) is 2.67. The van der Waals surface area contributed by atoms with Crippen LogP contribution in [-0.4, -0.2) is 56.6 Å². The summed E-state index contributed by atoms with van der Waals surface area (Å²) in [5.74, 6) is -1.61. The molecule has 0 unspecified atom stereocenters. The molecule has 0 spiro atoms. The van der Waals surface area contributed by atoms with Gasteiger partial charge in [0.15, 0.2) is 6.61 Å². The van der Waals surface area contributed by atoms with E-state index in [9.17, 15) is 43.7 Å². The van der Waals surface area contributed by atoms with E-state index in [4.69, 9.17) is 9.84 Å². The van der Waals surface area contributed by atoms with E-state index in [1.54, 1.807) is 0 Å². The Bertz CT molecular complexity index is 1800. The van der Waals surface area contributed by atoms with Crippen molar-refractivity contribution in [2.75, 3.05) is 6.61 Å². The second-order valence-electron chi connectivity index (χ2n) is 6.92. The van der Waals surface area contributed by atoms with E-state index in [-0.39, 0.29) is 38.1 Å². The number of hydrogen-bond donors (Lipinski definition) is 4. The molecule has 0 amide bonds. The first-order chi connectivity index (χ1) is 15.1. The lowest BCUT2D eigenvalue weighted by Crippen LogP contribution is -2.11. The summed E-state index contributed by atoms with van der Waals surface area (Å²) >= 11 is 0. The molecule has 33 heavy (non-hydrogen) atoms. The van der Waals surface area contributed by atoms with Crippen LogP contribution in [0.5, 0.6) is 5.75 Å². The molecule has 0 fully saturated rings. The zero-order valence-corrected chi connectivity index (χ0v) is 18.4. The maximum atomic E-state index is 12.1. The number of carbonyl (C=O) groups is 1. The Morgan fingerprint density at radius 1 is 0.667 bits per heavy atom. The zero-order valence-electron chi connectivity index (χ0n) is 16.0. The maximum absolute atomic E-state index is 12.1. The van der Waals surface area contributed by atoms with E-state index in [1.165, 1.54) is 0 Å². The monoisotopic (exact) mass is 516 g/mol. The second kappa shape index (κ2) is 7.21. The second-order valence-corrected chi connectivity index (χ2v) is 11.1. The fourth-order valence-corrected chi connectivity index (χ4v) is 5.95. The van der Waals surface area contributed by atoms with E-state index in [0.717, 1.165) is 30.3 Å². The first-order valence-corrected chi connectivity index (χ1v) is 13.0. The van der Waals surface area contributed by atoms with Crippen molar-refractivity contribution in [2.45, 2.75) is 14.7 Å². The lowest BCUT2D eigenvalue weighted by molar-refractivity contribution is -0.139. The van der Waals surface area contributed by atoms with Gasteiger partial charge in [-0.2, -0.15) is 25.3 Å². The van der Waals surface area contributed by atoms with Gasteiger partial charge in [-0.05, 0) is 24.3 Å². The smallest absolute Gasteiger partial charge is 0.341 e. The van der Waals surface area contributed by atoms with Crippen LogP contribution in [0.3, 0.4) is 0 Å². The van der Waals surface area contributed by atoms with Crippen LogP contribution in [0.15, 0.2) is 51.1 Å². The largest absolute Gasteiger partial charge is 0.481 e. The Hall–Kier alpha value is -3.08. The van der Waals surface area contributed by atoms with Crippen molar-refractivity contribution in [3.8, 4) is 5.75 Å². The number of carboxylic acids is 1. The number of aliphatic carboxylic acids is 1. The lowest BCUT2D eigenvalue weighted by atomic mass is 9.93. The van der Waals surface area contributed by atoms with E-state index in [0.29, 0.717) is 6.07 Å². The van der Waals surface area contributed by atoms with Crippen molar-refractivity contribution in [2.24, 2.45) is 0 Å². The Morgan fingerprint density at radius 2 is 1.12 bits per heavy atom. The highest BCUT2D eigenvalue weighted by molar-refractivity contribution is 7.87. The maximum Gasteiger partial charge on any atom is 0.341 e. The molecule has 0 aromatic heterocycles. The molecule has 0 aliphatic rings. The predicted molar refractivity (Wildman–Crippen MR) is 113 cm³/mol. The van der Waals surface area contributed by atoms with Crippen LogP contribution in [0, 0.1) is 0 Å². The number of hydrogen-bond acceptors (Lipinski definition) is 8. The van der Waals surface area contributed by atoms with E-state index in [2.05, 4.69) is 0 Å². The van der Waals surface area contributed by atoms with Crippen molar-refractivity contribution >= 4 is 68.6 Å². The summed E-state index contributed by atoms with van der Waals surface area (Å²) in [5, 5.41) is 7.94. The van der Waals surface area contributed by atoms with Crippen molar-refractivity contribution in [3.05, 3.63) is 36.4 Å². The minimum atomic E-state index is -5.11. The Morgan fingerprint density at radius 3 is 1.64 bits per heavy atom. The van der Waals surface area contributed by atoms with Crippen LogP contribution in [0.1, 0.15) is 0 Å². The van der Waals surface area contributed by atoms with Gasteiger partial charge in [-0.25, -0.2) is 4.79 Å². The highest BCUT2D eigenvalue weighted by Gasteiger charge is 2.28. The molecule has 0 heterocycles. The third-order valence-electron chi connectivity index (χ3n) is 4.93. The molecular formula is C18H12O12S3. The molecule has 0 saturated carbocycles. The molecular weight excluding hydrogens is 504 g/mol. The van der Waals surface area contributed by atoms with Gasteiger partial charge in [-0.1, -0.05) is 12.1 Å². The number of benzene rings is 4. The molecule has 12 nitrogen and oxygen atoms in total. The van der Waals surface area contributed by atoms with Crippen LogP contribution in [0.2, 0.25) is 0 Å². The summed E-state index contributed by atoms with van der Waals surface area (Å²) in [7, 11) is -15.0. The number of rotatable bonds is 6. The van der Waals surface area contributed by atoms with Gasteiger partial charge in [0.2, 0.25) is 0 Å². The standard InChI is InChI=1S/C18H12O12S3/c19-16(20)7-30-12-5-11-15(33(27,28)29)6-14(32(24,25)26)10-2-1-9-13(31(21,22)23)4-3-8(12)17(9)18(10)11/h1-6H,7H2,(H,19,20)(H,21,22,23)(H,24,25,26)(H,27,28,29). The number of ether oxygens (including phenoxy) is 1. The van der Waals surface area contributed by atoms with E-state index < -0.39 is 57.6 Å². The Balaban J connectivity index is 2.38. The summed E-state index contributed by atoms with van der Waals surface area (Å²) < 4.78 is 106. The number of carboxylic acid groups (broad SMARTS) is 1. The van der Waals surface area contributed by atoms with Gasteiger partial charge >= 0.3 is 5.97 Å². The highest BCUT2D eigenvalue weighted by Crippen LogP contribution is 2.45. The topological polar surface area (TPSA) is 210 Å². The van der Waals surface area contributed by atoms with Gasteiger partial charge in [0, 0.05) is 32.3 Å². The van der Waals surface area contributed by atoms with Crippen LogP contribution >= 0.6 is 0 Å². The van der Waals surface area contributed by atoms with Crippen molar-refractivity contribution in [1.29, 1.82) is 0 Å². The molecule has 0 bridgehead atoms. The van der Waals surface area contributed by atoms with Crippen molar-refractivity contribution < 1.29 is 53.5 Å². The fraction of sp³-hybridized carbons (Fsp3) is 0.0556. The van der Waals surface area contributed by atoms with Gasteiger partial charge in [-0.15, -0.1) is 0 Å². The first kappa shape index (κ1) is 23.1.